The summed E-state index contributed by atoms with van der Waals surface area (Å²) in [6, 6.07) is 16.1. The number of nitrogens with zero attached hydrogens (tertiary/aromatic N) is 1. The van der Waals surface area contributed by atoms with E-state index in [9.17, 15) is 9.59 Å². The first-order valence-electron chi connectivity index (χ1n) is 8.89. The molecule has 0 radical (unpaired) electrons. The number of nitrogens with one attached hydrogen (secondary N) is 2. The molecule has 1 saturated carbocycles. The Hall–Kier alpha value is -3.33. The molecule has 0 heterocycles. The number of hydrogen-bond acceptors (Lipinski definition) is 4. The van der Waals surface area contributed by atoms with E-state index in [1.807, 2.05) is 30.3 Å². The van der Waals surface area contributed by atoms with Gasteiger partial charge >= 0.3 is 0 Å². The zero-order chi connectivity index (χ0) is 19.2. The lowest BCUT2D eigenvalue weighted by Crippen LogP contribution is -2.35. The molecule has 2 aromatic rings. The molecule has 27 heavy (non-hydrogen) atoms. The molecule has 2 N–H and O–H groups in total. The summed E-state index contributed by atoms with van der Waals surface area (Å²) in [7, 11) is 0. The summed E-state index contributed by atoms with van der Waals surface area (Å²) < 4.78 is 5.60. The van der Waals surface area contributed by atoms with E-state index >= 15 is 0 Å². The smallest absolute Gasteiger partial charge is 0.261 e. The third kappa shape index (κ3) is 5.32. The van der Waals surface area contributed by atoms with Gasteiger partial charge in [-0.05, 0) is 61.7 Å². The van der Waals surface area contributed by atoms with Gasteiger partial charge in [0.2, 0.25) is 5.91 Å². The van der Waals surface area contributed by atoms with Gasteiger partial charge in [0.1, 0.15) is 5.75 Å². The van der Waals surface area contributed by atoms with Crippen molar-refractivity contribution in [3.63, 3.8) is 0 Å². The van der Waals surface area contributed by atoms with Gasteiger partial charge in [0.25, 0.3) is 5.91 Å². The Bertz CT molecular complexity index is 867. The predicted molar refractivity (Wildman–Crippen MR) is 101 cm³/mol. The lowest BCUT2D eigenvalue weighted by atomic mass is 10.2. The Morgan fingerprint density at radius 3 is 2.63 bits per heavy atom. The number of rotatable bonds is 7. The first kappa shape index (κ1) is 18.5. The number of benzene rings is 2. The molecule has 0 spiro atoms. The van der Waals surface area contributed by atoms with Crippen LogP contribution in [0.1, 0.15) is 30.9 Å². The number of hydrogen-bond donors (Lipinski definition) is 2. The quantitative estimate of drug-likeness (QED) is 0.791. The second kappa shape index (κ2) is 8.37. The number of ether oxygens (including phenoxy) is 1. The highest BCUT2D eigenvalue weighted by Crippen LogP contribution is 2.30. The standard InChI is InChI=1S/C21H21N3O3/c1-14(27-19-9-5-15(12-22)6-10-19)20(25)23-13-16-3-2-4-18(11-16)24-21(26)17-7-8-17/h2-6,9-11,14,17H,7-8,13H2,1H3,(H,23,25)(H,24,26)/t14-/m1/s1. The highest BCUT2D eigenvalue weighted by molar-refractivity contribution is 5.94. The van der Waals surface area contributed by atoms with Gasteiger partial charge in [0.05, 0.1) is 11.6 Å². The number of carbonyl (C=O) groups is 2. The van der Waals surface area contributed by atoms with Crippen LogP contribution in [0.15, 0.2) is 48.5 Å². The average molecular weight is 363 g/mol. The third-order valence-electron chi connectivity index (χ3n) is 4.27. The fraction of sp³-hybridized carbons (Fsp3) is 0.286. The average Bonchev–Trinajstić information content (AvgIpc) is 3.52. The van der Waals surface area contributed by atoms with E-state index in [1.54, 1.807) is 31.2 Å². The monoisotopic (exact) mass is 363 g/mol. The zero-order valence-corrected chi connectivity index (χ0v) is 15.1. The van der Waals surface area contributed by atoms with E-state index < -0.39 is 6.10 Å². The molecule has 6 nitrogen and oxygen atoms in total. The molecule has 2 amide bonds. The van der Waals surface area contributed by atoms with Crippen LogP contribution in [0.2, 0.25) is 0 Å². The van der Waals surface area contributed by atoms with Gasteiger partial charge in [0.15, 0.2) is 6.10 Å². The Kier molecular flexibility index (Phi) is 5.72. The molecule has 138 valence electrons. The molecule has 0 saturated heterocycles. The lowest BCUT2D eigenvalue weighted by Gasteiger charge is -2.15. The topological polar surface area (TPSA) is 91.2 Å². The number of carbonyl (C=O) groups excluding carboxylic acids is 2. The summed E-state index contributed by atoms with van der Waals surface area (Å²) in [5.74, 6) is 0.488. The molecule has 0 aromatic heterocycles. The molecule has 0 unspecified atom stereocenters. The van der Waals surface area contributed by atoms with Crippen molar-refractivity contribution in [3.8, 4) is 11.8 Å². The van der Waals surface area contributed by atoms with E-state index in [-0.39, 0.29) is 17.7 Å². The largest absolute Gasteiger partial charge is 0.481 e. The summed E-state index contributed by atoms with van der Waals surface area (Å²) in [5, 5.41) is 14.5. The Labute approximate surface area is 158 Å². The Morgan fingerprint density at radius 2 is 1.96 bits per heavy atom. The van der Waals surface area contributed by atoms with Gasteiger partial charge < -0.3 is 15.4 Å². The maximum absolute atomic E-state index is 12.2. The van der Waals surface area contributed by atoms with Gasteiger partial charge in [-0.1, -0.05) is 12.1 Å². The molecule has 0 aliphatic heterocycles. The molecule has 1 atom stereocenters. The number of anilines is 1. The third-order valence-corrected chi connectivity index (χ3v) is 4.27. The van der Waals surface area contributed by atoms with Crippen LogP contribution in [-0.2, 0) is 16.1 Å². The van der Waals surface area contributed by atoms with Gasteiger partial charge in [-0.15, -0.1) is 0 Å². The molecule has 6 heteroatoms. The minimum absolute atomic E-state index is 0.0561. The SMILES string of the molecule is C[C@@H](Oc1ccc(C#N)cc1)C(=O)NCc1cccc(NC(=O)C2CC2)c1. The van der Waals surface area contributed by atoms with Crippen LogP contribution in [0, 0.1) is 17.2 Å². The van der Waals surface area contributed by atoms with Crippen LogP contribution in [0.4, 0.5) is 5.69 Å². The van der Waals surface area contributed by atoms with Crippen LogP contribution >= 0.6 is 0 Å². The summed E-state index contributed by atoms with van der Waals surface area (Å²) >= 11 is 0. The van der Waals surface area contributed by atoms with Crippen molar-refractivity contribution in [2.45, 2.75) is 32.4 Å². The molecule has 1 fully saturated rings. The van der Waals surface area contributed by atoms with E-state index in [1.165, 1.54) is 0 Å². The second-order valence-corrected chi connectivity index (χ2v) is 6.58. The second-order valence-electron chi connectivity index (χ2n) is 6.58. The van der Waals surface area contributed by atoms with Crippen molar-refractivity contribution in [2.24, 2.45) is 5.92 Å². The lowest BCUT2D eigenvalue weighted by molar-refractivity contribution is -0.127. The molecule has 3 rings (SSSR count). The molecule has 1 aliphatic carbocycles. The summed E-state index contributed by atoms with van der Waals surface area (Å²) in [6.07, 6.45) is 1.24. The van der Waals surface area contributed by atoms with E-state index in [0.29, 0.717) is 17.9 Å². The normalized spacial score (nSPS) is 13.9. The van der Waals surface area contributed by atoms with Crippen LogP contribution in [0.3, 0.4) is 0 Å². The van der Waals surface area contributed by atoms with Gasteiger partial charge in [-0.2, -0.15) is 5.26 Å². The maximum Gasteiger partial charge on any atom is 0.261 e. The fourth-order valence-corrected chi connectivity index (χ4v) is 2.55. The van der Waals surface area contributed by atoms with Crippen molar-refractivity contribution in [1.82, 2.24) is 5.32 Å². The van der Waals surface area contributed by atoms with E-state index in [2.05, 4.69) is 10.6 Å². The van der Waals surface area contributed by atoms with Crippen LogP contribution in [0.5, 0.6) is 5.75 Å². The highest BCUT2D eigenvalue weighted by atomic mass is 16.5. The minimum Gasteiger partial charge on any atom is -0.481 e. The first-order valence-corrected chi connectivity index (χ1v) is 8.89. The van der Waals surface area contributed by atoms with E-state index in [4.69, 9.17) is 10.00 Å². The minimum atomic E-state index is -0.671. The van der Waals surface area contributed by atoms with Crippen LogP contribution < -0.4 is 15.4 Å². The summed E-state index contributed by atoms with van der Waals surface area (Å²) in [6.45, 7) is 2.01. The van der Waals surface area contributed by atoms with Gasteiger partial charge in [-0.3, -0.25) is 9.59 Å². The zero-order valence-electron chi connectivity index (χ0n) is 15.1. The van der Waals surface area contributed by atoms with Gasteiger partial charge in [-0.25, -0.2) is 0 Å². The Morgan fingerprint density at radius 1 is 1.22 bits per heavy atom. The van der Waals surface area contributed by atoms with Crippen LogP contribution in [-0.4, -0.2) is 17.9 Å². The number of amides is 2. The maximum atomic E-state index is 12.2. The van der Waals surface area contributed by atoms with Gasteiger partial charge in [0, 0.05) is 18.2 Å². The van der Waals surface area contributed by atoms with E-state index in [0.717, 1.165) is 24.1 Å². The van der Waals surface area contributed by atoms with Crippen molar-refractivity contribution in [1.29, 1.82) is 5.26 Å². The molecule has 1 aliphatic rings. The van der Waals surface area contributed by atoms with Crippen molar-refractivity contribution in [2.75, 3.05) is 5.32 Å². The van der Waals surface area contributed by atoms with Crippen molar-refractivity contribution >= 4 is 17.5 Å². The number of nitriles is 1. The predicted octanol–water partition coefficient (Wildman–Crippen LogP) is 2.99. The van der Waals surface area contributed by atoms with Crippen molar-refractivity contribution < 1.29 is 14.3 Å². The summed E-state index contributed by atoms with van der Waals surface area (Å²) in [5.41, 5.74) is 2.16. The summed E-state index contributed by atoms with van der Waals surface area (Å²) in [4.78, 5) is 24.1. The molecule has 2 aromatic carbocycles. The van der Waals surface area contributed by atoms with Crippen molar-refractivity contribution in [3.05, 3.63) is 59.7 Å². The molecular weight excluding hydrogens is 342 g/mol. The first-order chi connectivity index (χ1) is 13.0. The Balaban J connectivity index is 1.50. The fourth-order valence-electron chi connectivity index (χ4n) is 2.55. The van der Waals surface area contributed by atoms with Crippen LogP contribution in [0.25, 0.3) is 0 Å². The highest BCUT2D eigenvalue weighted by Gasteiger charge is 2.29. The molecule has 0 bridgehead atoms. The molecular formula is C21H21N3O3.